The first-order valence-corrected chi connectivity index (χ1v) is 9.63. The Labute approximate surface area is 162 Å². The number of benzene rings is 2. The monoisotopic (exact) mass is 363 g/mol. The van der Waals surface area contributed by atoms with Gasteiger partial charge in [-0.15, -0.1) is 5.10 Å². The molecule has 0 saturated carbocycles. The first-order chi connectivity index (χ1) is 13.0. The van der Waals surface area contributed by atoms with Crippen LogP contribution in [0.15, 0.2) is 57.9 Å². The molecule has 0 spiro atoms. The van der Waals surface area contributed by atoms with Crippen molar-refractivity contribution in [2.24, 2.45) is 27.3 Å². The molecule has 0 fully saturated rings. The van der Waals surface area contributed by atoms with Crippen molar-refractivity contribution < 1.29 is 0 Å². The third-order valence-corrected chi connectivity index (χ3v) is 4.54. The van der Waals surface area contributed by atoms with E-state index in [1.165, 1.54) is 0 Å². The summed E-state index contributed by atoms with van der Waals surface area (Å²) in [5.74, 6) is 1.16. The number of nitrogens with zero attached hydrogens (tertiary/aromatic N) is 4. The van der Waals surface area contributed by atoms with E-state index >= 15 is 0 Å². The van der Waals surface area contributed by atoms with Crippen LogP contribution in [0, 0.1) is 11.8 Å². The molecule has 2 aromatic rings. The van der Waals surface area contributed by atoms with Gasteiger partial charge >= 0.3 is 0 Å². The van der Waals surface area contributed by atoms with E-state index in [-0.39, 0.29) is 0 Å². The summed E-state index contributed by atoms with van der Waals surface area (Å²) in [7, 11) is 0. The van der Waals surface area contributed by atoms with E-state index in [2.05, 4.69) is 78.4 Å². The van der Waals surface area contributed by atoms with Gasteiger partial charge in [-0.25, -0.2) is 0 Å². The summed E-state index contributed by atoms with van der Waals surface area (Å²) in [5.41, 5.74) is 12.6. The van der Waals surface area contributed by atoms with Crippen molar-refractivity contribution in [3.05, 3.63) is 48.0 Å². The topological polar surface area (TPSA) is 66.3 Å². The Morgan fingerprint density at radius 3 is 2.19 bits per heavy atom. The molecule has 0 radical (unpaired) electrons. The number of hydrogen-bond acceptors (Lipinski definition) is 5. The Balaban J connectivity index is 1.95. The third kappa shape index (κ3) is 4.54. The van der Waals surface area contributed by atoms with E-state index in [1.807, 2.05) is 12.1 Å². The average Bonchev–Trinajstić information content (AvgIpc) is 3.15. The van der Waals surface area contributed by atoms with Crippen molar-refractivity contribution in [2.75, 3.05) is 30.3 Å². The molecule has 5 nitrogen and oxygen atoms in total. The fourth-order valence-electron chi connectivity index (χ4n) is 3.50. The van der Waals surface area contributed by atoms with Crippen LogP contribution in [0.5, 0.6) is 0 Å². The van der Waals surface area contributed by atoms with Gasteiger partial charge in [-0.05, 0) is 40.3 Å². The van der Waals surface area contributed by atoms with E-state index in [0.29, 0.717) is 18.4 Å². The molecule has 2 N–H and O–H groups in total. The van der Waals surface area contributed by atoms with Gasteiger partial charge in [0.2, 0.25) is 0 Å². The minimum Gasteiger partial charge on any atom is -0.397 e. The van der Waals surface area contributed by atoms with Gasteiger partial charge in [0.1, 0.15) is 6.54 Å². The summed E-state index contributed by atoms with van der Waals surface area (Å²) in [6.45, 7) is 11.5. The van der Waals surface area contributed by atoms with Crippen LogP contribution >= 0.6 is 0 Å². The lowest BCUT2D eigenvalue weighted by atomic mass is 9.95. The van der Waals surface area contributed by atoms with Gasteiger partial charge in [-0.3, -0.25) is 0 Å². The largest absolute Gasteiger partial charge is 0.397 e. The molecule has 5 heteroatoms. The molecule has 0 saturated heterocycles. The van der Waals surface area contributed by atoms with Crippen molar-refractivity contribution in [2.45, 2.75) is 27.7 Å². The summed E-state index contributed by atoms with van der Waals surface area (Å²) in [5, 5.41) is 11.9. The van der Waals surface area contributed by atoms with Gasteiger partial charge in [0, 0.05) is 18.7 Å². The second kappa shape index (κ2) is 8.33. The standard InChI is InChI=1S/C22H29N5/c1-15(2)13-27(14-16(3)4)22-10-9-17(11-20(22)23)18-7-5-6-8-19(18)21-12-24-26-25-21/h5-11,15-16H,12-14,23H2,1-4H3. The maximum absolute atomic E-state index is 6.51. The molecular formula is C22H29N5. The van der Waals surface area contributed by atoms with Crippen molar-refractivity contribution in [1.29, 1.82) is 0 Å². The Morgan fingerprint density at radius 1 is 0.963 bits per heavy atom. The molecule has 0 atom stereocenters. The molecule has 0 bridgehead atoms. The van der Waals surface area contributed by atoms with Crippen LogP contribution in [0.25, 0.3) is 11.1 Å². The average molecular weight is 364 g/mol. The normalized spacial score (nSPS) is 13.5. The Bertz CT molecular complexity index is 842. The molecule has 1 aliphatic rings. The highest BCUT2D eigenvalue weighted by atomic mass is 15.4. The fraction of sp³-hybridized carbons (Fsp3) is 0.409. The molecule has 27 heavy (non-hydrogen) atoms. The van der Waals surface area contributed by atoms with E-state index in [0.717, 1.165) is 46.9 Å². The van der Waals surface area contributed by atoms with Crippen LogP contribution < -0.4 is 10.6 Å². The lowest BCUT2D eigenvalue weighted by Crippen LogP contribution is -2.31. The molecule has 0 aliphatic carbocycles. The lowest BCUT2D eigenvalue weighted by Gasteiger charge is -2.30. The highest BCUT2D eigenvalue weighted by Gasteiger charge is 2.17. The van der Waals surface area contributed by atoms with Crippen molar-refractivity contribution >= 4 is 17.1 Å². The van der Waals surface area contributed by atoms with E-state index in [1.54, 1.807) is 0 Å². The second-order valence-corrected chi connectivity index (χ2v) is 7.95. The van der Waals surface area contributed by atoms with Gasteiger partial charge in [0.25, 0.3) is 0 Å². The number of nitrogens with two attached hydrogens (primary N) is 1. The van der Waals surface area contributed by atoms with Gasteiger partial charge < -0.3 is 10.6 Å². The predicted molar refractivity (Wildman–Crippen MR) is 114 cm³/mol. The molecule has 142 valence electrons. The van der Waals surface area contributed by atoms with Gasteiger partial charge in [-0.1, -0.05) is 58.0 Å². The quantitative estimate of drug-likeness (QED) is 0.685. The first kappa shape index (κ1) is 19.1. The molecule has 0 amide bonds. The predicted octanol–water partition coefficient (Wildman–Crippen LogP) is 5.22. The Hall–Kier alpha value is -2.69. The van der Waals surface area contributed by atoms with Crippen LogP contribution in [-0.4, -0.2) is 25.3 Å². The number of hydrogen-bond donors (Lipinski definition) is 1. The minimum atomic E-state index is 0.529. The van der Waals surface area contributed by atoms with E-state index in [9.17, 15) is 0 Å². The fourth-order valence-corrected chi connectivity index (χ4v) is 3.50. The molecule has 0 aromatic heterocycles. The van der Waals surface area contributed by atoms with E-state index in [4.69, 9.17) is 5.73 Å². The molecule has 1 aliphatic heterocycles. The minimum absolute atomic E-state index is 0.529. The summed E-state index contributed by atoms with van der Waals surface area (Å²) >= 11 is 0. The molecule has 0 unspecified atom stereocenters. The summed E-state index contributed by atoms with van der Waals surface area (Å²) in [4.78, 5) is 2.40. The first-order valence-electron chi connectivity index (χ1n) is 9.63. The van der Waals surface area contributed by atoms with Gasteiger partial charge in [0.05, 0.1) is 17.1 Å². The van der Waals surface area contributed by atoms with Crippen molar-refractivity contribution in [3.63, 3.8) is 0 Å². The van der Waals surface area contributed by atoms with Crippen molar-refractivity contribution in [1.82, 2.24) is 0 Å². The van der Waals surface area contributed by atoms with Gasteiger partial charge in [-0.2, -0.15) is 5.11 Å². The third-order valence-electron chi connectivity index (χ3n) is 4.54. The molecular weight excluding hydrogens is 334 g/mol. The Morgan fingerprint density at radius 2 is 1.63 bits per heavy atom. The molecule has 2 aromatic carbocycles. The number of nitrogen functional groups attached to an aromatic ring is 1. The van der Waals surface area contributed by atoms with Crippen LogP contribution in [0.1, 0.15) is 33.3 Å². The zero-order valence-electron chi connectivity index (χ0n) is 16.7. The maximum atomic E-state index is 6.51. The highest BCUT2D eigenvalue weighted by Crippen LogP contribution is 2.32. The van der Waals surface area contributed by atoms with Crippen LogP contribution in [0.3, 0.4) is 0 Å². The summed E-state index contributed by atoms with van der Waals surface area (Å²) < 4.78 is 0. The molecule has 3 rings (SSSR count). The zero-order chi connectivity index (χ0) is 19.4. The highest BCUT2D eigenvalue weighted by molar-refractivity contribution is 6.07. The van der Waals surface area contributed by atoms with Crippen LogP contribution in [-0.2, 0) is 0 Å². The maximum Gasteiger partial charge on any atom is 0.107 e. The smallest absolute Gasteiger partial charge is 0.107 e. The van der Waals surface area contributed by atoms with Crippen LogP contribution in [0.4, 0.5) is 11.4 Å². The van der Waals surface area contributed by atoms with E-state index < -0.39 is 0 Å². The van der Waals surface area contributed by atoms with Gasteiger partial charge in [0.15, 0.2) is 0 Å². The summed E-state index contributed by atoms with van der Waals surface area (Å²) in [6.07, 6.45) is 0. The lowest BCUT2D eigenvalue weighted by molar-refractivity contribution is 0.553. The zero-order valence-corrected chi connectivity index (χ0v) is 16.7. The summed E-state index contributed by atoms with van der Waals surface area (Å²) in [6, 6.07) is 14.6. The second-order valence-electron chi connectivity index (χ2n) is 7.95. The Kier molecular flexibility index (Phi) is 5.89. The number of rotatable bonds is 7. The SMILES string of the molecule is CC(C)CN(CC(C)C)c1ccc(-c2ccccc2C2=NN=NC2)cc1N. The van der Waals surface area contributed by atoms with Crippen LogP contribution in [0.2, 0.25) is 0 Å². The number of anilines is 2. The van der Waals surface area contributed by atoms with Crippen molar-refractivity contribution in [3.8, 4) is 11.1 Å². The molecule has 1 heterocycles.